The van der Waals surface area contributed by atoms with Crippen LogP contribution in [0.2, 0.25) is 0 Å². The van der Waals surface area contributed by atoms with Crippen molar-refractivity contribution in [2.75, 3.05) is 13.7 Å². The Labute approximate surface area is 142 Å². The Morgan fingerprint density at radius 3 is 2.67 bits per heavy atom. The summed E-state index contributed by atoms with van der Waals surface area (Å²) in [5, 5.41) is 4.34. The van der Waals surface area contributed by atoms with Crippen LogP contribution in [0, 0.1) is 5.92 Å². The average Bonchev–Trinajstić information content (AvgIpc) is 3.15. The van der Waals surface area contributed by atoms with Crippen LogP contribution < -0.4 is 0 Å². The maximum atomic E-state index is 12.9. The maximum absolute atomic E-state index is 12.9. The number of fused-ring (bicyclic) bond motifs is 2. The van der Waals surface area contributed by atoms with E-state index in [4.69, 9.17) is 4.74 Å². The van der Waals surface area contributed by atoms with Crippen LogP contribution in [-0.4, -0.2) is 40.3 Å². The zero-order valence-corrected chi connectivity index (χ0v) is 14.0. The molecule has 1 amide bonds. The van der Waals surface area contributed by atoms with Crippen LogP contribution in [-0.2, 0) is 35.5 Å². The van der Waals surface area contributed by atoms with Crippen molar-refractivity contribution in [3.8, 4) is 0 Å². The molecular formula is C19H23N3O2. The molecule has 1 aromatic heterocycles. The summed E-state index contributed by atoms with van der Waals surface area (Å²) in [6, 6.07) is 10.5. The van der Waals surface area contributed by atoms with E-state index < -0.39 is 0 Å². The third kappa shape index (κ3) is 2.96. The lowest BCUT2D eigenvalue weighted by Gasteiger charge is -2.24. The minimum atomic E-state index is -0.00382. The molecule has 1 aromatic carbocycles. The lowest BCUT2D eigenvalue weighted by Crippen LogP contribution is -2.37. The first-order chi connectivity index (χ1) is 11.7. The average molecular weight is 325 g/mol. The van der Waals surface area contributed by atoms with Gasteiger partial charge in [-0.25, -0.2) is 0 Å². The molecule has 4 rings (SSSR count). The van der Waals surface area contributed by atoms with E-state index in [9.17, 15) is 4.79 Å². The molecule has 1 unspecified atom stereocenters. The lowest BCUT2D eigenvalue weighted by atomic mass is 10.0. The molecule has 1 aliphatic carbocycles. The molecule has 126 valence electrons. The van der Waals surface area contributed by atoms with Gasteiger partial charge in [0.1, 0.15) is 0 Å². The van der Waals surface area contributed by atoms with Crippen LogP contribution in [0.15, 0.2) is 36.5 Å². The van der Waals surface area contributed by atoms with Crippen molar-refractivity contribution in [2.45, 2.75) is 38.5 Å². The highest BCUT2D eigenvalue weighted by Crippen LogP contribution is 2.29. The Hall–Kier alpha value is -2.14. The second-order valence-corrected chi connectivity index (χ2v) is 6.88. The van der Waals surface area contributed by atoms with E-state index in [0.717, 1.165) is 18.5 Å². The highest BCUT2D eigenvalue weighted by molar-refractivity contribution is 5.76. The van der Waals surface area contributed by atoms with E-state index in [2.05, 4.69) is 29.4 Å². The molecule has 0 spiro atoms. The molecule has 5 heteroatoms. The fraction of sp³-hybridized carbons (Fsp3) is 0.474. The normalized spacial score (nSPS) is 20.5. The Bertz CT molecular complexity index is 715. The predicted octanol–water partition coefficient (Wildman–Crippen LogP) is 2.05. The monoisotopic (exact) mass is 325 g/mol. The van der Waals surface area contributed by atoms with Crippen LogP contribution >= 0.6 is 0 Å². The Balaban J connectivity index is 1.45. The van der Waals surface area contributed by atoms with Crippen LogP contribution in [0.25, 0.3) is 0 Å². The molecule has 2 heterocycles. The van der Waals surface area contributed by atoms with Crippen LogP contribution in [0.5, 0.6) is 0 Å². The van der Waals surface area contributed by atoms with Gasteiger partial charge in [-0.3, -0.25) is 9.48 Å². The number of aromatic nitrogens is 2. The molecule has 0 bridgehead atoms. The standard InChI is InChI=1S/C19H23N3O2/c1-24-18-12-21(11-17-6-7-20-22(17)13-18)19(23)10-14-8-15-4-2-3-5-16(15)9-14/h2-7,14,18H,8-13H2,1H3. The van der Waals surface area contributed by atoms with Gasteiger partial charge in [0.15, 0.2) is 0 Å². The van der Waals surface area contributed by atoms with Gasteiger partial charge in [-0.1, -0.05) is 24.3 Å². The number of carbonyl (C=O) groups excluding carboxylic acids is 1. The first-order valence-electron chi connectivity index (χ1n) is 8.61. The van der Waals surface area contributed by atoms with Crippen molar-refractivity contribution in [1.29, 1.82) is 0 Å². The van der Waals surface area contributed by atoms with Crippen molar-refractivity contribution in [3.63, 3.8) is 0 Å². The molecule has 1 aliphatic heterocycles. The van der Waals surface area contributed by atoms with Gasteiger partial charge in [-0.05, 0) is 36.0 Å². The number of methoxy groups -OCH3 is 1. The summed E-state index contributed by atoms with van der Waals surface area (Å²) >= 11 is 0. The summed E-state index contributed by atoms with van der Waals surface area (Å²) in [5.41, 5.74) is 3.88. The van der Waals surface area contributed by atoms with Gasteiger partial charge < -0.3 is 9.64 Å². The van der Waals surface area contributed by atoms with E-state index in [-0.39, 0.29) is 12.0 Å². The van der Waals surface area contributed by atoms with E-state index in [1.165, 1.54) is 11.1 Å². The smallest absolute Gasteiger partial charge is 0.223 e. The second kappa shape index (κ2) is 6.40. The van der Waals surface area contributed by atoms with Gasteiger partial charge in [0.25, 0.3) is 0 Å². The van der Waals surface area contributed by atoms with Gasteiger partial charge in [0.05, 0.1) is 24.9 Å². The number of ether oxygens (including phenoxy) is 1. The molecule has 0 radical (unpaired) electrons. The number of nitrogens with zero attached hydrogens (tertiary/aromatic N) is 3. The summed E-state index contributed by atoms with van der Waals surface area (Å²) in [7, 11) is 1.70. The van der Waals surface area contributed by atoms with Crippen LogP contribution in [0.1, 0.15) is 23.2 Å². The molecule has 0 N–H and O–H groups in total. The van der Waals surface area contributed by atoms with Gasteiger partial charge in [-0.15, -0.1) is 0 Å². The minimum Gasteiger partial charge on any atom is -0.378 e. The predicted molar refractivity (Wildman–Crippen MR) is 90.4 cm³/mol. The second-order valence-electron chi connectivity index (χ2n) is 6.88. The molecule has 1 atom stereocenters. The lowest BCUT2D eigenvalue weighted by molar-refractivity contribution is -0.134. The number of rotatable bonds is 3. The summed E-state index contributed by atoms with van der Waals surface area (Å²) in [4.78, 5) is 14.8. The van der Waals surface area contributed by atoms with E-state index in [1.807, 2.05) is 15.6 Å². The molecule has 2 aliphatic rings. The van der Waals surface area contributed by atoms with Crippen molar-refractivity contribution in [3.05, 3.63) is 53.3 Å². The van der Waals surface area contributed by atoms with Gasteiger partial charge >= 0.3 is 0 Å². The van der Waals surface area contributed by atoms with Crippen molar-refractivity contribution in [1.82, 2.24) is 14.7 Å². The zero-order chi connectivity index (χ0) is 16.5. The quantitative estimate of drug-likeness (QED) is 0.868. The molecular weight excluding hydrogens is 302 g/mol. The summed E-state index contributed by atoms with van der Waals surface area (Å²) in [5.74, 6) is 0.647. The first kappa shape index (κ1) is 15.4. The first-order valence-corrected chi connectivity index (χ1v) is 8.61. The minimum absolute atomic E-state index is 0.00382. The van der Waals surface area contributed by atoms with E-state index in [1.54, 1.807) is 13.3 Å². The largest absolute Gasteiger partial charge is 0.378 e. The zero-order valence-electron chi connectivity index (χ0n) is 14.0. The van der Waals surface area contributed by atoms with Gasteiger partial charge in [-0.2, -0.15) is 5.10 Å². The van der Waals surface area contributed by atoms with E-state index >= 15 is 0 Å². The topological polar surface area (TPSA) is 47.4 Å². The summed E-state index contributed by atoms with van der Waals surface area (Å²) in [6.45, 7) is 1.97. The highest BCUT2D eigenvalue weighted by Gasteiger charge is 2.29. The van der Waals surface area contributed by atoms with Gasteiger partial charge in [0, 0.05) is 26.3 Å². The Morgan fingerprint density at radius 2 is 1.96 bits per heavy atom. The number of benzene rings is 1. The fourth-order valence-electron chi connectivity index (χ4n) is 3.92. The summed E-state index contributed by atoms with van der Waals surface area (Å²) in [6.07, 6.45) is 4.43. The Kier molecular flexibility index (Phi) is 4.10. The molecule has 2 aromatic rings. The number of hydrogen-bond acceptors (Lipinski definition) is 3. The summed E-state index contributed by atoms with van der Waals surface area (Å²) < 4.78 is 7.49. The van der Waals surface area contributed by atoms with Gasteiger partial charge in [0.2, 0.25) is 5.91 Å². The number of hydrogen-bond donors (Lipinski definition) is 0. The number of amides is 1. The van der Waals surface area contributed by atoms with Crippen LogP contribution in [0.4, 0.5) is 0 Å². The Morgan fingerprint density at radius 1 is 1.21 bits per heavy atom. The molecule has 0 fully saturated rings. The molecule has 24 heavy (non-hydrogen) atoms. The third-order valence-corrected chi connectivity index (χ3v) is 5.24. The maximum Gasteiger partial charge on any atom is 0.223 e. The molecule has 5 nitrogen and oxygen atoms in total. The highest BCUT2D eigenvalue weighted by atomic mass is 16.5. The van der Waals surface area contributed by atoms with Crippen molar-refractivity contribution >= 4 is 5.91 Å². The SMILES string of the molecule is COC1CN(C(=O)CC2Cc3ccccc3C2)Cc2ccnn2C1. The third-order valence-electron chi connectivity index (χ3n) is 5.24. The van der Waals surface area contributed by atoms with Crippen LogP contribution in [0.3, 0.4) is 0 Å². The molecule has 0 saturated heterocycles. The molecule has 0 saturated carbocycles. The van der Waals surface area contributed by atoms with Crippen molar-refractivity contribution < 1.29 is 9.53 Å². The fourth-order valence-corrected chi connectivity index (χ4v) is 3.92. The van der Waals surface area contributed by atoms with Crippen molar-refractivity contribution in [2.24, 2.45) is 5.92 Å². The number of carbonyl (C=O) groups is 1. The van der Waals surface area contributed by atoms with E-state index in [0.29, 0.717) is 32.0 Å².